The minimum absolute atomic E-state index is 0.0185. The monoisotopic (exact) mass is 152 g/mol. The van der Waals surface area contributed by atoms with Crippen LogP contribution in [-0.2, 0) is 4.79 Å². The minimum atomic E-state index is -1.79. The van der Waals surface area contributed by atoms with Crippen molar-refractivity contribution in [1.82, 2.24) is 0 Å². The molecule has 0 heterocycles. The number of alkyl halides is 2. The van der Waals surface area contributed by atoms with Crippen LogP contribution in [-0.4, -0.2) is 24.4 Å². The van der Waals surface area contributed by atoms with Gasteiger partial charge < -0.3 is 5.11 Å². The highest BCUT2D eigenvalue weighted by molar-refractivity contribution is 5.74. The first-order valence-electron chi connectivity index (χ1n) is 2.98. The Kier molecular flexibility index (Phi) is 3.25. The first kappa shape index (κ1) is 9.33. The molecule has 0 aromatic rings. The van der Waals surface area contributed by atoms with Gasteiger partial charge in [0.1, 0.15) is 18.8 Å². The van der Waals surface area contributed by atoms with Crippen molar-refractivity contribution in [2.75, 3.05) is 13.3 Å². The summed E-state index contributed by atoms with van der Waals surface area (Å²) >= 11 is 0. The summed E-state index contributed by atoms with van der Waals surface area (Å²) in [6, 6.07) is 0. The van der Waals surface area contributed by atoms with Crippen LogP contribution in [0.5, 0.6) is 0 Å². The van der Waals surface area contributed by atoms with E-state index >= 15 is 0 Å². The zero-order valence-electron chi connectivity index (χ0n) is 5.73. The fraction of sp³-hybridized carbons (Fsp3) is 0.833. The van der Waals surface area contributed by atoms with Gasteiger partial charge in [0.25, 0.3) is 0 Å². The second-order valence-electron chi connectivity index (χ2n) is 2.21. The fourth-order valence-corrected chi connectivity index (χ4v) is 0.490. The minimum Gasteiger partial charge on any atom is -0.481 e. The molecule has 0 fully saturated rings. The maximum Gasteiger partial charge on any atom is 0.314 e. The molecule has 0 amide bonds. The number of halogens is 2. The topological polar surface area (TPSA) is 37.3 Å². The second-order valence-corrected chi connectivity index (χ2v) is 2.21. The number of carboxylic acid groups (broad SMARTS) is 1. The quantitative estimate of drug-likeness (QED) is 0.661. The molecule has 0 aromatic heterocycles. The van der Waals surface area contributed by atoms with Crippen molar-refractivity contribution in [3.63, 3.8) is 0 Å². The molecule has 0 aromatic carbocycles. The van der Waals surface area contributed by atoms with E-state index in [1.165, 1.54) is 6.92 Å². The van der Waals surface area contributed by atoms with Gasteiger partial charge in [0.2, 0.25) is 0 Å². The number of rotatable bonds is 4. The zero-order valence-corrected chi connectivity index (χ0v) is 5.73. The van der Waals surface area contributed by atoms with Crippen LogP contribution in [0.1, 0.15) is 13.3 Å². The highest BCUT2D eigenvalue weighted by Gasteiger charge is 2.37. The van der Waals surface area contributed by atoms with Crippen LogP contribution in [0.2, 0.25) is 0 Å². The summed E-state index contributed by atoms with van der Waals surface area (Å²) in [5.41, 5.74) is -1.79. The lowest BCUT2D eigenvalue weighted by molar-refractivity contribution is -0.151. The van der Waals surface area contributed by atoms with E-state index < -0.39 is 24.7 Å². The Hall–Kier alpha value is -0.670. The Balaban J connectivity index is 4.31. The molecule has 60 valence electrons. The van der Waals surface area contributed by atoms with Crippen molar-refractivity contribution in [2.24, 2.45) is 5.41 Å². The average Bonchev–Trinajstić information content (AvgIpc) is 1.92. The molecule has 0 radical (unpaired) electrons. The molecule has 0 rings (SSSR count). The molecular formula is C6H10F2O2. The predicted molar refractivity (Wildman–Crippen MR) is 32.3 cm³/mol. The number of aliphatic carboxylic acids is 1. The zero-order chi connectivity index (χ0) is 8.20. The summed E-state index contributed by atoms with van der Waals surface area (Å²) in [4.78, 5) is 10.2. The summed E-state index contributed by atoms with van der Waals surface area (Å²) < 4.78 is 23.9. The molecule has 0 aliphatic rings. The molecule has 1 N–H and O–H groups in total. The fourth-order valence-electron chi connectivity index (χ4n) is 0.490. The van der Waals surface area contributed by atoms with Crippen LogP contribution in [0.3, 0.4) is 0 Å². The number of hydrogen-bond donors (Lipinski definition) is 1. The van der Waals surface area contributed by atoms with Gasteiger partial charge in [-0.25, -0.2) is 8.78 Å². The third kappa shape index (κ3) is 1.43. The molecule has 0 saturated heterocycles. The number of carbonyl (C=O) groups is 1. The number of carboxylic acids is 1. The van der Waals surface area contributed by atoms with Gasteiger partial charge >= 0.3 is 5.97 Å². The molecule has 0 unspecified atom stereocenters. The SMILES string of the molecule is CCC(CF)(CF)C(=O)O. The summed E-state index contributed by atoms with van der Waals surface area (Å²) in [6.07, 6.45) is -0.0185. The summed E-state index contributed by atoms with van der Waals surface area (Å²) in [6.45, 7) is -0.835. The predicted octanol–water partition coefficient (Wildman–Crippen LogP) is 1.41. The van der Waals surface area contributed by atoms with E-state index in [9.17, 15) is 13.6 Å². The van der Waals surface area contributed by atoms with Gasteiger partial charge in [-0.3, -0.25) is 4.79 Å². The third-order valence-corrected chi connectivity index (χ3v) is 1.64. The molecule has 0 aliphatic heterocycles. The van der Waals surface area contributed by atoms with E-state index in [1.807, 2.05) is 0 Å². The van der Waals surface area contributed by atoms with E-state index in [-0.39, 0.29) is 6.42 Å². The third-order valence-electron chi connectivity index (χ3n) is 1.64. The normalized spacial score (nSPS) is 11.5. The van der Waals surface area contributed by atoms with E-state index in [0.717, 1.165) is 0 Å². The van der Waals surface area contributed by atoms with Crippen LogP contribution in [0, 0.1) is 5.41 Å². The van der Waals surface area contributed by atoms with Gasteiger partial charge in [0.05, 0.1) is 0 Å². The molecule has 0 bridgehead atoms. The number of hydrogen-bond acceptors (Lipinski definition) is 1. The van der Waals surface area contributed by atoms with Crippen molar-refractivity contribution in [3.8, 4) is 0 Å². The molecule has 0 spiro atoms. The lowest BCUT2D eigenvalue weighted by Crippen LogP contribution is -2.34. The Morgan fingerprint density at radius 2 is 1.90 bits per heavy atom. The van der Waals surface area contributed by atoms with Gasteiger partial charge in [0.15, 0.2) is 0 Å². The lowest BCUT2D eigenvalue weighted by atomic mass is 9.89. The summed E-state index contributed by atoms with van der Waals surface area (Å²) in [7, 11) is 0. The first-order valence-corrected chi connectivity index (χ1v) is 2.98. The van der Waals surface area contributed by atoms with Crippen molar-refractivity contribution in [1.29, 1.82) is 0 Å². The molecule has 2 nitrogen and oxygen atoms in total. The van der Waals surface area contributed by atoms with Gasteiger partial charge in [-0.05, 0) is 6.42 Å². The Labute approximate surface area is 57.9 Å². The maximum absolute atomic E-state index is 11.9. The van der Waals surface area contributed by atoms with Gasteiger partial charge in [-0.15, -0.1) is 0 Å². The van der Waals surface area contributed by atoms with E-state index in [0.29, 0.717) is 0 Å². The molecule has 0 aliphatic carbocycles. The van der Waals surface area contributed by atoms with Crippen molar-refractivity contribution >= 4 is 5.97 Å². The van der Waals surface area contributed by atoms with Crippen molar-refractivity contribution in [2.45, 2.75) is 13.3 Å². The van der Waals surface area contributed by atoms with E-state index in [4.69, 9.17) is 5.11 Å². The standard InChI is InChI=1S/C6H10F2O2/c1-2-6(3-7,4-8)5(9)10/h2-4H2,1H3,(H,9,10). The second kappa shape index (κ2) is 3.49. The Bertz CT molecular complexity index is 113. The Morgan fingerprint density at radius 1 is 1.50 bits per heavy atom. The molecule has 0 atom stereocenters. The lowest BCUT2D eigenvalue weighted by Gasteiger charge is -2.19. The highest BCUT2D eigenvalue weighted by Crippen LogP contribution is 2.23. The maximum atomic E-state index is 11.9. The van der Waals surface area contributed by atoms with E-state index in [1.54, 1.807) is 0 Å². The van der Waals surface area contributed by atoms with Gasteiger partial charge in [-0.1, -0.05) is 6.92 Å². The van der Waals surface area contributed by atoms with E-state index in [2.05, 4.69) is 0 Å². The summed E-state index contributed by atoms with van der Waals surface area (Å²) in [5.74, 6) is -1.40. The molecular weight excluding hydrogens is 142 g/mol. The van der Waals surface area contributed by atoms with Gasteiger partial charge in [-0.2, -0.15) is 0 Å². The smallest absolute Gasteiger partial charge is 0.314 e. The van der Waals surface area contributed by atoms with Crippen molar-refractivity contribution in [3.05, 3.63) is 0 Å². The van der Waals surface area contributed by atoms with Crippen molar-refractivity contribution < 1.29 is 18.7 Å². The summed E-state index contributed by atoms with van der Waals surface area (Å²) in [5, 5.41) is 8.34. The molecule has 4 heteroatoms. The van der Waals surface area contributed by atoms with Crippen LogP contribution < -0.4 is 0 Å². The molecule has 10 heavy (non-hydrogen) atoms. The van der Waals surface area contributed by atoms with Crippen LogP contribution >= 0.6 is 0 Å². The van der Waals surface area contributed by atoms with Crippen LogP contribution in [0.15, 0.2) is 0 Å². The van der Waals surface area contributed by atoms with Gasteiger partial charge in [0, 0.05) is 0 Å². The first-order chi connectivity index (χ1) is 4.63. The highest BCUT2D eigenvalue weighted by atomic mass is 19.1. The van der Waals surface area contributed by atoms with Crippen LogP contribution in [0.25, 0.3) is 0 Å². The largest absolute Gasteiger partial charge is 0.481 e. The van der Waals surface area contributed by atoms with Crippen LogP contribution in [0.4, 0.5) is 8.78 Å². The molecule has 0 saturated carbocycles. The average molecular weight is 152 g/mol. The Morgan fingerprint density at radius 3 is 1.90 bits per heavy atom.